The van der Waals surface area contributed by atoms with E-state index in [0.717, 1.165) is 25.7 Å². The lowest BCUT2D eigenvalue weighted by molar-refractivity contribution is -0.385. The number of hydrogen-bond donors (Lipinski definition) is 0. The van der Waals surface area contributed by atoms with Gasteiger partial charge >= 0.3 is 5.69 Å². The van der Waals surface area contributed by atoms with E-state index in [-0.39, 0.29) is 22.6 Å². The van der Waals surface area contributed by atoms with Gasteiger partial charge in [-0.25, -0.2) is 0 Å². The molecule has 92 valence electrons. The number of halogens is 1. The summed E-state index contributed by atoms with van der Waals surface area (Å²) in [4.78, 5) is 10.4. The van der Waals surface area contributed by atoms with Crippen molar-refractivity contribution in [3.05, 3.63) is 33.3 Å². The topological polar surface area (TPSA) is 52.4 Å². The third-order valence-corrected chi connectivity index (χ3v) is 3.28. The molecule has 1 aromatic carbocycles. The first-order valence-corrected chi connectivity index (χ1v) is 6.16. The van der Waals surface area contributed by atoms with Crippen molar-refractivity contribution in [2.45, 2.75) is 38.2 Å². The molecule has 1 fully saturated rings. The number of nitro benzene ring substituents is 1. The van der Waals surface area contributed by atoms with Crippen LogP contribution in [-0.4, -0.2) is 11.0 Å². The molecule has 0 N–H and O–H groups in total. The van der Waals surface area contributed by atoms with Gasteiger partial charge in [0.2, 0.25) is 0 Å². The number of benzene rings is 1. The molecule has 4 nitrogen and oxygen atoms in total. The molecule has 0 radical (unpaired) electrons. The number of ether oxygens (including phenoxy) is 1. The van der Waals surface area contributed by atoms with Crippen LogP contribution in [0.4, 0.5) is 5.69 Å². The van der Waals surface area contributed by atoms with Crippen molar-refractivity contribution >= 4 is 17.3 Å². The van der Waals surface area contributed by atoms with Crippen LogP contribution in [0.2, 0.25) is 5.02 Å². The summed E-state index contributed by atoms with van der Waals surface area (Å²) < 4.78 is 5.70. The molecule has 0 aromatic heterocycles. The molecule has 1 saturated carbocycles. The summed E-state index contributed by atoms with van der Waals surface area (Å²) in [6.45, 7) is 0. The molecule has 0 bridgehead atoms. The Bertz CT molecular complexity index is 416. The Kier molecular flexibility index (Phi) is 3.84. The summed E-state index contributed by atoms with van der Waals surface area (Å²) in [5.41, 5.74) is -0.125. The van der Waals surface area contributed by atoms with E-state index < -0.39 is 4.92 Å². The van der Waals surface area contributed by atoms with Gasteiger partial charge in [-0.15, -0.1) is 0 Å². The highest BCUT2D eigenvalue weighted by molar-refractivity contribution is 6.32. The Morgan fingerprint density at radius 2 is 2.00 bits per heavy atom. The van der Waals surface area contributed by atoms with Gasteiger partial charge in [0.1, 0.15) is 5.02 Å². The van der Waals surface area contributed by atoms with E-state index in [9.17, 15) is 10.1 Å². The summed E-state index contributed by atoms with van der Waals surface area (Å²) in [7, 11) is 0. The molecule has 1 aliphatic rings. The molecule has 1 aliphatic carbocycles. The van der Waals surface area contributed by atoms with Crippen molar-refractivity contribution < 1.29 is 9.66 Å². The fourth-order valence-electron chi connectivity index (χ4n) is 2.13. The second-order valence-corrected chi connectivity index (χ2v) is 4.63. The Hall–Kier alpha value is -1.29. The van der Waals surface area contributed by atoms with Gasteiger partial charge in [-0.2, -0.15) is 0 Å². The molecule has 0 atom stereocenters. The van der Waals surface area contributed by atoms with Gasteiger partial charge in [-0.05, 0) is 37.8 Å². The van der Waals surface area contributed by atoms with Crippen LogP contribution in [-0.2, 0) is 0 Å². The predicted molar refractivity (Wildman–Crippen MR) is 65.6 cm³/mol. The third-order valence-electron chi connectivity index (χ3n) is 2.98. The van der Waals surface area contributed by atoms with E-state index >= 15 is 0 Å². The summed E-state index contributed by atoms with van der Waals surface area (Å²) in [6.07, 6.45) is 5.48. The Labute approximate surface area is 105 Å². The summed E-state index contributed by atoms with van der Waals surface area (Å²) in [5.74, 6) is 0.286. The average molecular weight is 256 g/mol. The lowest BCUT2D eigenvalue weighted by Gasteiger charge is -2.22. The first-order valence-electron chi connectivity index (χ1n) is 5.78. The first-order chi connectivity index (χ1) is 8.18. The van der Waals surface area contributed by atoms with Crippen LogP contribution in [0.25, 0.3) is 0 Å². The molecule has 2 rings (SSSR count). The number of rotatable bonds is 3. The number of nitrogens with zero attached hydrogens (tertiary/aromatic N) is 1. The zero-order valence-corrected chi connectivity index (χ0v) is 10.2. The molecular weight excluding hydrogens is 242 g/mol. The van der Waals surface area contributed by atoms with Gasteiger partial charge in [0.25, 0.3) is 0 Å². The summed E-state index contributed by atoms with van der Waals surface area (Å²) >= 11 is 5.82. The largest absolute Gasteiger partial charge is 0.483 e. The van der Waals surface area contributed by atoms with E-state index in [1.165, 1.54) is 12.5 Å². The van der Waals surface area contributed by atoms with E-state index in [4.69, 9.17) is 16.3 Å². The van der Waals surface area contributed by atoms with Crippen LogP contribution in [0.3, 0.4) is 0 Å². The van der Waals surface area contributed by atoms with E-state index in [1.807, 2.05) is 0 Å². The molecule has 0 unspecified atom stereocenters. The fourth-order valence-corrected chi connectivity index (χ4v) is 2.37. The van der Waals surface area contributed by atoms with Crippen LogP contribution >= 0.6 is 11.6 Å². The highest BCUT2D eigenvalue weighted by Gasteiger charge is 2.23. The predicted octanol–water partition coefficient (Wildman–Crippen LogP) is 3.96. The van der Waals surface area contributed by atoms with Crippen molar-refractivity contribution in [2.24, 2.45) is 0 Å². The minimum absolute atomic E-state index is 0.0842. The minimum atomic E-state index is -0.486. The zero-order chi connectivity index (χ0) is 12.3. The Morgan fingerprint density at radius 3 is 2.65 bits per heavy atom. The van der Waals surface area contributed by atoms with Crippen molar-refractivity contribution in [1.82, 2.24) is 0 Å². The normalized spacial score (nSPS) is 16.8. The summed E-state index contributed by atoms with van der Waals surface area (Å²) in [6, 6.07) is 4.79. The highest BCUT2D eigenvalue weighted by atomic mass is 35.5. The van der Waals surface area contributed by atoms with E-state index in [0.29, 0.717) is 0 Å². The van der Waals surface area contributed by atoms with Crippen LogP contribution in [0.5, 0.6) is 5.75 Å². The monoisotopic (exact) mass is 255 g/mol. The SMILES string of the molecule is O=[N+]([O-])c1c(Cl)cccc1OC1CCCCC1. The van der Waals surface area contributed by atoms with Crippen molar-refractivity contribution in [1.29, 1.82) is 0 Å². The number of nitro groups is 1. The smallest absolute Gasteiger partial charge is 0.329 e. The van der Waals surface area contributed by atoms with Gasteiger partial charge in [-0.1, -0.05) is 24.1 Å². The Morgan fingerprint density at radius 1 is 1.29 bits per heavy atom. The third kappa shape index (κ3) is 2.88. The van der Waals surface area contributed by atoms with E-state index in [2.05, 4.69) is 0 Å². The second kappa shape index (κ2) is 5.36. The lowest BCUT2D eigenvalue weighted by Crippen LogP contribution is -2.20. The fraction of sp³-hybridized carbons (Fsp3) is 0.500. The van der Waals surface area contributed by atoms with Crippen LogP contribution in [0.15, 0.2) is 18.2 Å². The first kappa shape index (κ1) is 12.2. The van der Waals surface area contributed by atoms with Crippen LogP contribution in [0.1, 0.15) is 32.1 Å². The van der Waals surface area contributed by atoms with Gasteiger partial charge in [0.05, 0.1) is 11.0 Å². The molecule has 0 saturated heterocycles. The van der Waals surface area contributed by atoms with Crippen molar-refractivity contribution in [2.75, 3.05) is 0 Å². The highest BCUT2D eigenvalue weighted by Crippen LogP contribution is 2.36. The molecular formula is C12H14ClNO3. The molecule has 0 amide bonds. The van der Waals surface area contributed by atoms with Crippen LogP contribution < -0.4 is 4.74 Å². The maximum Gasteiger partial charge on any atom is 0.329 e. The maximum absolute atomic E-state index is 10.9. The van der Waals surface area contributed by atoms with Crippen LogP contribution in [0, 0.1) is 10.1 Å². The number of hydrogen-bond acceptors (Lipinski definition) is 3. The average Bonchev–Trinajstić information content (AvgIpc) is 2.30. The molecule has 17 heavy (non-hydrogen) atoms. The molecule has 1 aromatic rings. The zero-order valence-electron chi connectivity index (χ0n) is 9.39. The second-order valence-electron chi connectivity index (χ2n) is 4.22. The Balaban J connectivity index is 2.19. The van der Waals surface area contributed by atoms with E-state index in [1.54, 1.807) is 12.1 Å². The van der Waals surface area contributed by atoms with Gasteiger partial charge < -0.3 is 4.74 Å². The summed E-state index contributed by atoms with van der Waals surface area (Å²) in [5, 5.41) is 11.1. The molecule has 0 aliphatic heterocycles. The number of para-hydroxylation sites is 1. The minimum Gasteiger partial charge on any atom is -0.483 e. The van der Waals surface area contributed by atoms with Gasteiger partial charge in [-0.3, -0.25) is 10.1 Å². The van der Waals surface area contributed by atoms with Gasteiger partial charge in [0, 0.05) is 0 Å². The molecule has 5 heteroatoms. The standard InChI is InChI=1S/C12H14ClNO3/c13-10-7-4-8-11(12(10)14(15)16)17-9-5-2-1-3-6-9/h4,7-9H,1-3,5-6H2. The van der Waals surface area contributed by atoms with Gasteiger partial charge in [0.15, 0.2) is 5.75 Å². The quantitative estimate of drug-likeness (QED) is 0.607. The van der Waals surface area contributed by atoms with Crippen molar-refractivity contribution in [3.63, 3.8) is 0 Å². The molecule has 0 heterocycles. The molecule has 0 spiro atoms. The maximum atomic E-state index is 10.9. The lowest BCUT2D eigenvalue weighted by atomic mass is 9.98. The van der Waals surface area contributed by atoms with Crippen molar-refractivity contribution in [3.8, 4) is 5.75 Å².